The molecular weight excluding hydrogens is 261 g/mol. The van der Waals surface area contributed by atoms with Crippen molar-refractivity contribution in [3.05, 3.63) is 70.0 Å². The van der Waals surface area contributed by atoms with Gasteiger partial charge in [0.25, 0.3) is 0 Å². The quantitative estimate of drug-likeness (QED) is 0.900. The van der Waals surface area contributed by atoms with E-state index in [0.717, 1.165) is 12.8 Å². The minimum absolute atomic E-state index is 0.201. The van der Waals surface area contributed by atoms with E-state index in [1.54, 1.807) is 12.1 Å². The fraction of sp³-hybridized carbons (Fsp3) is 0.250. The minimum Gasteiger partial charge on any atom is -0.309 e. The average Bonchev–Trinajstić information content (AvgIpc) is 2.82. The third kappa shape index (κ3) is 2.80. The second-order valence-corrected chi connectivity index (χ2v) is 5.43. The van der Waals surface area contributed by atoms with E-state index in [4.69, 9.17) is 11.6 Å². The maximum Gasteiger partial charge on any atom is 0.127 e. The molecule has 3 rings (SSSR count). The van der Waals surface area contributed by atoms with Gasteiger partial charge >= 0.3 is 0 Å². The average molecular weight is 276 g/mol. The van der Waals surface area contributed by atoms with Crippen LogP contribution >= 0.6 is 11.6 Å². The van der Waals surface area contributed by atoms with Gasteiger partial charge in [0, 0.05) is 23.2 Å². The highest BCUT2D eigenvalue weighted by Gasteiger charge is 2.20. The molecule has 1 aliphatic rings. The number of benzene rings is 2. The molecule has 0 radical (unpaired) electrons. The van der Waals surface area contributed by atoms with Crippen molar-refractivity contribution in [3.63, 3.8) is 0 Å². The van der Waals surface area contributed by atoms with E-state index in [-0.39, 0.29) is 5.82 Å². The Morgan fingerprint density at radius 3 is 2.47 bits per heavy atom. The summed E-state index contributed by atoms with van der Waals surface area (Å²) in [6, 6.07) is 13.5. The Morgan fingerprint density at radius 1 is 1.11 bits per heavy atom. The maximum absolute atomic E-state index is 13.6. The fourth-order valence-electron chi connectivity index (χ4n) is 2.64. The zero-order valence-corrected chi connectivity index (χ0v) is 11.3. The molecule has 0 aliphatic heterocycles. The minimum atomic E-state index is -0.201. The second-order valence-electron chi connectivity index (χ2n) is 4.99. The van der Waals surface area contributed by atoms with Gasteiger partial charge in [-0.05, 0) is 42.2 Å². The number of rotatable bonds is 3. The zero-order valence-electron chi connectivity index (χ0n) is 10.5. The van der Waals surface area contributed by atoms with Crippen LogP contribution in [0.15, 0.2) is 42.5 Å². The van der Waals surface area contributed by atoms with Crippen LogP contribution in [0.25, 0.3) is 0 Å². The van der Waals surface area contributed by atoms with Gasteiger partial charge in [0.1, 0.15) is 5.82 Å². The molecule has 0 aromatic heterocycles. The van der Waals surface area contributed by atoms with Crippen molar-refractivity contribution in [3.8, 4) is 0 Å². The molecular formula is C16H15ClFN. The van der Waals surface area contributed by atoms with Crippen LogP contribution in [-0.2, 0) is 19.4 Å². The molecule has 3 heteroatoms. The number of hydrogen-bond donors (Lipinski definition) is 1. The Morgan fingerprint density at radius 2 is 1.79 bits per heavy atom. The van der Waals surface area contributed by atoms with Crippen molar-refractivity contribution in [2.75, 3.05) is 0 Å². The van der Waals surface area contributed by atoms with Crippen molar-refractivity contribution < 1.29 is 4.39 Å². The lowest BCUT2D eigenvalue weighted by molar-refractivity contribution is 0.515. The molecule has 0 spiro atoms. The molecule has 0 fully saturated rings. The Balaban J connectivity index is 1.64. The van der Waals surface area contributed by atoms with Gasteiger partial charge in [-0.15, -0.1) is 0 Å². The van der Waals surface area contributed by atoms with Gasteiger partial charge in [0.15, 0.2) is 0 Å². The van der Waals surface area contributed by atoms with Crippen molar-refractivity contribution in [1.82, 2.24) is 5.32 Å². The highest BCUT2D eigenvalue weighted by Crippen LogP contribution is 2.22. The van der Waals surface area contributed by atoms with Gasteiger partial charge in [-0.1, -0.05) is 35.9 Å². The van der Waals surface area contributed by atoms with Crippen LogP contribution in [0.3, 0.4) is 0 Å². The normalized spacial score (nSPS) is 14.6. The van der Waals surface area contributed by atoms with Gasteiger partial charge in [0.05, 0.1) is 0 Å². The van der Waals surface area contributed by atoms with E-state index in [1.165, 1.54) is 17.2 Å². The number of nitrogens with one attached hydrogen (secondary N) is 1. The Hall–Kier alpha value is -1.38. The van der Waals surface area contributed by atoms with Crippen molar-refractivity contribution in [1.29, 1.82) is 0 Å². The van der Waals surface area contributed by atoms with Crippen LogP contribution in [0.5, 0.6) is 0 Å². The van der Waals surface area contributed by atoms with E-state index >= 15 is 0 Å². The lowest BCUT2D eigenvalue weighted by Crippen LogP contribution is -2.29. The van der Waals surface area contributed by atoms with E-state index in [2.05, 4.69) is 29.6 Å². The fourth-order valence-corrected chi connectivity index (χ4v) is 2.83. The van der Waals surface area contributed by atoms with Crippen molar-refractivity contribution in [2.24, 2.45) is 0 Å². The molecule has 1 N–H and O–H groups in total. The summed E-state index contributed by atoms with van der Waals surface area (Å²) < 4.78 is 13.6. The van der Waals surface area contributed by atoms with Crippen LogP contribution in [0.4, 0.5) is 4.39 Å². The monoisotopic (exact) mass is 275 g/mol. The Labute approximate surface area is 117 Å². The smallest absolute Gasteiger partial charge is 0.127 e. The molecule has 0 saturated carbocycles. The first-order chi connectivity index (χ1) is 9.22. The van der Waals surface area contributed by atoms with Crippen LogP contribution < -0.4 is 5.32 Å². The first kappa shape index (κ1) is 12.6. The summed E-state index contributed by atoms with van der Waals surface area (Å²) in [6.45, 7) is 0.519. The summed E-state index contributed by atoms with van der Waals surface area (Å²) in [5.41, 5.74) is 3.42. The lowest BCUT2D eigenvalue weighted by Gasteiger charge is -2.12. The highest BCUT2D eigenvalue weighted by molar-refractivity contribution is 6.30. The summed E-state index contributed by atoms with van der Waals surface area (Å²) in [5.74, 6) is -0.201. The highest BCUT2D eigenvalue weighted by atomic mass is 35.5. The van der Waals surface area contributed by atoms with Crippen LogP contribution in [-0.4, -0.2) is 6.04 Å². The largest absolute Gasteiger partial charge is 0.309 e. The van der Waals surface area contributed by atoms with Crippen molar-refractivity contribution in [2.45, 2.75) is 25.4 Å². The molecule has 1 aliphatic carbocycles. The molecule has 0 saturated heterocycles. The zero-order chi connectivity index (χ0) is 13.2. The second kappa shape index (κ2) is 5.32. The number of hydrogen-bond acceptors (Lipinski definition) is 1. The first-order valence-corrected chi connectivity index (χ1v) is 6.84. The SMILES string of the molecule is Fc1ccc(Cl)cc1CNC1Cc2ccccc2C1. The van der Waals surface area contributed by atoms with Crippen molar-refractivity contribution >= 4 is 11.6 Å². The molecule has 98 valence electrons. The Bertz CT molecular complexity index is 572. The Kier molecular flexibility index (Phi) is 3.54. The standard InChI is InChI=1S/C16H15ClFN/c17-14-5-6-16(18)13(7-14)10-19-15-8-11-3-1-2-4-12(11)9-15/h1-7,15,19H,8-10H2. The summed E-state index contributed by atoms with van der Waals surface area (Å²) in [7, 11) is 0. The van der Waals surface area contributed by atoms with Crippen LogP contribution in [0.2, 0.25) is 5.02 Å². The summed E-state index contributed by atoms with van der Waals surface area (Å²) >= 11 is 5.89. The molecule has 0 unspecified atom stereocenters. The molecule has 2 aromatic carbocycles. The molecule has 19 heavy (non-hydrogen) atoms. The van der Waals surface area contributed by atoms with Crippen LogP contribution in [0, 0.1) is 5.82 Å². The maximum atomic E-state index is 13.6. The van der Waals surface area contributed by atoms with Gasteiger partial charge < -0.3 is 5.32 Å². The molecule has 1 nitrogen and oxygen atoms in total. The van der Waals surface area contributed by atoms with Gasteiger partial charge in [-0.25, -0.2) is 4.39 Å². The molecule has 0 amide bonds. The summed E-state index contributed by atoms with van der Waals surface area (Å²) in [6.07, 6.45) is 2.02. The third-order valence-corrected chi connectivity index (χ3v) is 3.88. The topological polar surface area (TPSA) is 12.0 Å². The number of halogens is 2. The predicted molar refractivity (Wildman–Crippen MR) is 75.9 cm³/mol. The van der Waals surface area contributed by atoms with Gasteiger partial charge in [0.2, 0.25) is 0 Å². The molecule has 0 bridgehead atoms. The number of fused-ring (bicyclic) bond motifs is 1. The first-order valence-electron chi connectivity index (χ1n) is 6.46. The van der Waals surface area contributed by atoms with E-state index < -0.39 is 0 Å². The third-order valence-electron chi connectivity index (χ3n) is 3.64. The lowest BCUT2D eigenvalue weighted by atomic mass is 10.1. The van der Waals surface area contributed by atoms with Gasteiger partial charge in [-0.2, -0.15) is 0 Å². The van der Waals surface area contributed by atoms with E-state index in [9.17, 15) is 4.39 Å². The molecule has 2 aromatic rings. The summed E-state index contributed by atoms with van der Waals surface area (Å²) in [5, 5.41) is 3.99. The molecule has 0 atom stereocenters. The molecule has 0 heterocycles. The van der Waals surface area contributed by atoms with Crippen LogP contribution in [0.1, 0.15) is 16.7 Å². The van der Waals surface area contributed by atoms with E-state index in [1.807, 2.05) is 0 Å². The predicted octanol–water partition coefficient (Wildman–Crippen LogP) is 3.74. The van der Waals surface area contributed by atoms with Gasteiger partial charge in [-0.3, -0.25) is 0 Å². The van der Waals surface area contributed by atoms with E-state index in [0.29, 0.717) is 23.2 Å². The summed E-state index contributed by atoms with van der Waals surface area (Å²) in [4.78, 5) is 0.